The quantitative estimate of drug-likeness (QED) is 0.746. The third-order valence-electron chi connectivity index (χ3n) is 6.56. The van der Waals surface area contributed by atoms with Crippen LogP contribution >= 0.6 is 0 Å². The molecule has 22 heavy (non-hydrogen) atoms. The maximum absolute atomic E-state index is 12.7. The fourth-order valence-corrected chi connectivity index (χ4v) is 5.73. The highest BCUT2D eigenvalue weighted by molar-refractivity contribution is 5.89. The third-order valence-corrected chi connectivity index (χ3v) is 6.56. The second-order valence-electron chi connectivity index (χ2n) is 7.50. The maximum Gasteiger partial charge on any atom is 0.344 e. The Hall–Kier alpha value is -1.84. The highest BCUT2D eigenvalue weighted by Gasteiger charge is 2.46. The normalized spacial score (nSPS) is 33.6. The zero-order valence-corrected chi connectivity index (χ0v) is 12.2. The van der Waals surface area contributed by atoms with Gasteiger partial charge in [-0.3, -0.25) is 0 Å². The lowest BCUT2D eigenvalue weighted by atomic mass is 9.89. The molecule has 2 aromatic heterocycles. The Morgan fingerprint density at radius 3 is 1.50 bits per heavy atom. The van der Waals surface area contributed by atoms with Gasteiger partial charge in [0.15, 0.2) is 0 Å². The Morgan fingerprint density at radius 1 is 0.636 bits per heavy atom. The van der Waals surface area contributed by atoms with E-state index in [1.165, 1.54) is 0 Å². The van der Waals surface area contributed by atoms with Crippen LogP contribution in [0.2, 0.25) is 0 Å². The zero-order valence-electron chi connectivity index (χ0n) is 12.2. The van der Waals surface area contributed by atoms with Gasteiger partial charge in [-0.2, -0.15) is 0 Å². The van der Waals surface area contributed by atoms with Crippen molar-refractivity contribution in [2.24, 2.45) is 0 Å². The van der Waals surface area contributed by atoms with Gasteiger partial charge in [-0.05, 0) is 50.4 Å². The molecule has 4 heteroatoms. The van der Waals surface area contributed by atoms with E-state index >= 15 is 0 Å². The Kier molecular flexibility index (Phi) is 1.89. The summed E-state index contributed by atoms with van der Waals surface area (Å²) >= 11 is 0. The summed E-state index contributed by atoms with van der Waals surface area (Å²) in [7, 11) is 0. The first-order chi connectivity index (χ1) is 10.7. The van der Waals surface area contributed by atoms with E-state index in [4.69, 9.17) is 8.83 Å². The van der Waals surface area contributed by atoms with E-state index in [0.717, 1.165) is 61.2 Å². The van der Waals surface area contributed by atoms with Crippen molar-refractivity contribution in [3.05, 3.63) is 43.5 Å². The van der Waals surface area contributed by atoms with Crippen molar-refractivity contribution in [1.29, 1.82) is 0 Å². The largest absolute Gasteiger partial charge is 0.427 e. The van der Waals surface area contributed by atoms with Gasteiger partial charge in [-0.1, -0.05) is 0 Å². The van der Waals surface area contributed by atoms with Crippen molar-refractivity contribution >= 4 is 10.8 Å². The first-order valence-electron chi connectivity index (χ1n) is 8.40. The molecular formula is C18H16O4. The van der Waals surface area contributed by atoms with Crippen molar-refractivity contribution in [2.45, 2.75) is 62.2 Å². The van der Waals surface area contributed by atoms with Crippen LogP contribution in [0.25, 0.3) is 10.8 Å². The van der Waals surface area contributed by atoms with Crippen LogP contribution in [0.1, 0.15) is 84.8 Å². The standard InChI is InChI=1S/C18H16O4/c19-17-13-11-7-1-3-9(5-7)15(11)21-18(20)14(13)12-8-2-4-10(6-8)16(12)22-17/h7-10H,1-6H2/t7-,8-,9-,10-/m0/s1. The molecule has 0 radical (unpaired) electrons. The molecule has 4 aliphatic carbocycles. The van der Waals surface area contributed by atoms with Crippen molar-refractivity contribution in [2.75, 3.05) is 0 Å². The molecule has 0 unspecified atom stereocenters. The molecule has 2 saturated carbocycles. The molecule has 4 aliphatic rings. The Labute approximate surface area is 126 Å². The molecule has 0 aliphatic heterocycles. The molecule has 6 rings (SSSR count). The van der Waals surface area contributed by atoms with E-state index in [1.54, 1.807) is 0 Å². The van der Waals surface area contributed by atoms with Gasteiger partial charge in [-0.15, -0.1) is 0 Å². The maximum atomic E-state index is 12.7. The van der Waals surface area contributed by atoms with Crippen LogP contribution in [-0.2, 0) is 0 Å². The van der Waals surface area contributed by atoms with E-state index in [1.807, 2.05) is 0 Å². The predicted octanol–water partition coefficient (Wildman–Crippen LogP) is 3.48. The Morgan fingerprint density at radius 2 is 1.05 bits per heavy atom. The van der Waals surface area contributed by atoms with E-state index in [0.29, 0.717) is 34.4 Å². The number of fused-ring (bicyclic) bond motifs is 13. The molecule has 112 valence electrons. The minimum Gasteiger partial charge on any atom is -0.427 e. The predicted molar refractivity (Wildman–Crippen MR) is 79.7 cm³/mol. The van der Waals surface area contributed by atoms with Crippen LogP contribution in [0.5, 0.6) is 0 Å². The van der Waals surface area contributed by atoms with Crippen LogP contribution in [0, 0.1) is 0 Å². The lowest BCUT2D eigenvalue weighted by Gasteiger charge is -2.19. The Balaban J connectivity index is 1.83. The summed E-state index contributed by atoms with van der Waals surface area (Å²) in [4.78, 5) is 25.3. The minimum atomic E-state index is -0.307. The molecule has 0 spiro atoms. The van der Waals surface area contributed by atoms with Crippen molar-refractivity contribution in [3.63, 3.8) is 0 Å². The zero-order chi connectivity index (χ0) is 14.6. The molecule has 0 N–H and O–H groups in total. The van der Waals surface area contributed by atoms with Gasteiger partial charge in [0.1, 0.15) is 11.5 Å². The van der Waals surface area contributed by atoms with Gasteiger partial charge in [0.25, 0.3) is 0 Å². The summed E-state index contributed by atoms with van der Waals surface area (Å²) in [5.74, 6) is 2.99. The summed E-state index contributed by atoms with van der Waals surface area (Å²) in [5, 5.41) is 1.12. The highest BCUT2D eigenvalue weighted by atomic mass is 16.4. The molecule has 2 heterocycles. The first kappa shape index (κ1) is 11.7. The number of rotatable bonds is 0. The molecule has 4 atom stereocenters. The van der Waals surface area contributed by atoms with Crippen molar-refractivity contribution in [3.8, 4) is 0 Å². The SMILES string of the molecule is O=c1oc2c(c3c(=O)oc4c(c13)[C@H]1CC[C@H]4C1)[C@H]1CC[C@H]2C1. The summed E-state index contributed by atoms with van der Waals surface area (Å²) in [6.45, 7) is 0. The van der Waals surface area contributed by atoms with Crippen LogP contribution in [0.3, 0.4) is 0 Å². The Bertz CT molecular complexity index is 884. The van der Waals surface area contributed by atoms with E-state index < -0.39 is 0 Å². The summed E-state index contributed by atoms with van der Waals surface area (Å²) < 4.78 is 11.4. The van der Waals surface area contributed by atoms with Crippen molar-refractivity contribution < 1.29 is 8.83 Å². The average Bonchev–Trinajstić information content (AvgIpc) is 3.27. The van der Waals surface area contributed by atoms with Crippen LogP contribution in [0.4, 0.5) is 0 Å². The van der Waals surface area contributed by atoms with Crippen LogP contribution in [-0.4, -0.2) is 0 Å². The van der Waals surface area contributed by atoms with Crippen LogP contribution < -0.4 is 11.3 Å². The lowest BCUT2D eigenvalue weighted by Crippen LogP contribution is -2.18. The van der Waals surface area contributed by atoms with Crippen LogP contribution in [0.15, 0.2) is 18.4 Å². The molecular weight excluding hydrogens is 280 g/mol. The van der Waals surface area contributed by atoms with Gasteiger partial charge in [0.05, 0.1) is 10.8 Å². The van der Waals surface area contributed by atoms with Gasteiger partial charge in [0, 0.05) is 23.0 Å². The van der Waals surface area contributed by atoms with Gasteiger partial charge < -0.3 is 8.83 Å². The summed E-state index contributed by atoms with van der Waals surface area (Å²) in [6, 6.07) is 0. The molecule has 0 saturated heterocycles. The third kappa shape index (κ3) is 1.15. The summed E-state index contributed by atoms with van der Waals surface area (Å²) in [6.07, 6.45) is 6.41. The molecule has 0 aromatic carbocycles. The summed E-state index contributed by atoms with van der Waals surface area (Å²) in [5.41, 5.74) is 1.39. The van der Waals surface area contributed by atoms with E-state index in [2.05, 4.69) is 0 Å². The van der Waals surface area contributed by atoms with E-state index in [9.17, 15) is 9.59 Å². The monoisotopic (exact) mass is 296 g/mol. The fourth-order valence-electron chi connectivity index (χ4n) is 5.73. The molecule has 4 bridgehead atoms. The number of hydrogen-bond acceptors (Lipinski definition) is 4. The molecule has 4 nitrogen and oxygen atoms in total. The topological polar surface area (TPSA) is 60.4 Å². The second kappa shape index (κ2) is 3.55. The van der Waals surface area contributed by atoms with Gasteiger partial charge in [0.2, 0.25) is 0 Å². The number of hydrogen-bond donors (Lipinski definition) is 0. The van der Waals surface area contributed by atoms with Gasteiger partial charge in [-0.25, -0.2) is 9.59 Å². The smallest absolute Gasteiger partial charge is 0.344 e. The molecule has 2 aromatic rings. The molecule has 0 amide bonds. The van der Waals surface area contributed by atoms with E-state index in [-0.39, 0.29) is 11.3 Å². The minimum absolute atomic E-state index is 0.307. The first-order valence-corrected chi connectivity index (χ1v) is 8.40. The highest BCUT2D eigenvalue weighted by Crippen LogP contribution is 2.57. The van der Waals surface area contributed by atoms with Gasteiger partial charge >= 0.3 is 11.3 Å². The fraction of sp³-hybridized carbons (Fsp3) is 0.556. The van der Waals surface area contributed by atoms with Crippen molar-refractivity contribution in [1.82, 2.24) is 0 Å². The second-order valence-corrected chi connectivity index (χ2v) is 7.50. The lowest BCUT2D eigenvalue weighted by molar-refractivity contribution is 0.417. The molecule has 2 fully saturated rings. The average molecular weight is 296 g/mol.